The van der Waals surface area contributed by atoms with Crippen LogP contribution < -0.4 is 15.4 Å². The minimum atomic E-state index is -0.254. The van der Waals surface area contributed by atoms with Crippen LogP contribution in [0.1, 0.15) is 24.0 Å². The van der Waals surface area contributed by atoms with Gasteiger partial charge < -0.3 is 20.3 Å². The molecular formula is C23H28ClN3O3. The Hall–Kier alpha value is -2.73. The number of nitrogens with zero attached hydrogens (tertiary/aromatic N) is 1. The molecule has 160 valence electrons. The molecule has 1 aliphatic rings. The standard InChI is InChI=1S/C23H28ClN3O3/c1-16-13-18(3-8-21(16)24)14-22(28)27-11-9-17(10-12-27)15-30-20-6-4-19(5-7-20)26-23(29)25-2/h3-8,13,17H,9-12,14-15H2,1-2H3,(H2,25,26,29). The Morgan fingerprint density at radius 3 is 2.47 bits per heavy atom. The van der Waals surface area contributed by atoms with Crippen molar-refractivity contribution in [3.05, 3.63) is 58.6 Å². The number of benzene rings is 2. The minimum absolute atomic E-state index is 0.162. The fourth-order valence-corrected chi connectivity index (χ4v) is 3.61. The van der Waals surface area contributed by atoms with Gasteiger partial charge in [-0.15, -0.1) is 0 Å². The summed E-state index contributed by atoms with van der Waals surface area (Å²) in [5, 5.41) is 5.95. The Kier molecular flexibility index (Phi) is 7.57. The molecule has 1 fully saturated rings. The van der Waals surface area contributed by atoms with Crippen LogP contribution in [0.2, 0.25) is 5.02 Å². The summed E-state index contributed by atoms with van der Waals surface area (Å²) in [6.07, 6.45) is 2.28. The highest BCUT2D eigenvalue weighted by molar-refractivity contribution is 6.31. The molecule has 0 radical (unpaired) electrons. The molecule has 1 aliphatic heterocycles. The van der Waals surface area contributed by atoms with Crippen molar-refractivity contribution in [3.8, 4) is 5.75 Å². The van der Waals surface area contributed by atoms with Gasteiger partial charge in [0.1, 0.15) is 5.75 Å². The SMILES string of the molecule is CNC(=O)Nc1ccc(OCC2CCN(C(=O)Cc3ccc(Cl)c(C)c3)CC2)cc1. The van der Waals surface area contributed by atoms with Crippen LogP contribution >= 0.6 is 11.6 Å². The number of hydrogen-bond donors (Lipinski definition) is 2. The lowest BCUT2D eigenvalue weighted by Crippen LogP contribution is -2.40. The second-order valence-corrected chi connectivity index (χ2v) is 8.03. The molecule has 2 aromatic rings. The number of halogens is 1. The van der Waals surface area contributed by atoms with Crippen LogP contribution in [0.25, 0.3) is 0 Å². The highest BCUT2D eigenvalue weighted by Crippen LogP contribution is 2.22. The predicted molar refractivity (Wildman–Crippen MR) is 119 cm³/mol. The highest BCUT2D eigenvalue weighted by atomic mass is 35.5. The fraction of sp³-hybridized carbons (Fsp3) is 0.391. The number of amides is 3. The van der Waals surface area contributed by atoms with Crippen molar-refractivity contribution in [3.63, 3.8) is 0 Å². The zero-order valence-corrected chi connectivity index (χ0v) is 18.2. The third-order valence-corrected chi connectivity index (χ3v) is 5.79. The molecule has 30 heavy (non-hydrogen) atoms. The number of aryl methyl sites for hydroxylation is 1. The van der Waals surface area contributed by atoms with Crippen LogP contribution in [0, 0.1) is 12.8 Å². The summed E-state index contributed by atoms with van der Waals surface area (Å²) in [5.41, 5.74) is 2.71. The van der Waals surface area contributed by atoms with Gasteiger partial charge >= 0.3 is 6.03 Å². The van der Waals surface area contributed by atoms with Gasteiger partial charge in [-0.3, -0.25) is 4.79 Å². The van der Waals surface area contributed by atoms with Crippen LogP contribution in [-0.4, -0.2) is 43.6 Å². The van der Waals surface area contributed by atoms with E-state index in [0.29, 0.717) is 24.6 Å². The quantitative estimate of drug-likeness (QED) is 0.720. The van der Waals surface area contributed by atoms with E-state index in [0.717, 1.165) is 47.8 Å². The molecule has 6 nitrogen and oxygen atoms in total. The summed E-state index contributed by atoms with van der Waals surface area (Å²) in [6.45, 7) is 4.09. The molecule has 3 rings (SSSR count). The third kappa shape index (κ3) is 6.13. The molecule has 1 saturated heterocycles. The summed E-state index contributed by atoms with van der Waals surface area (Å²) in [5.74, 6) is 1.36. The van der Waals surface area contributed by atoms with Gasteiger partial charge in [0.25, 0.3) is 0 Å². The van der Waals surface area contributed by atoms with Gasteiger partial charge in [0.05, 0.1) is 13.0 Å². The van der Waals surface area contributed by atoms with E-state index >= 15 is 0 Å². The second kappa shape index (κ2) is 10.3. The number of piperidine rings is 1. The fourth-order valence-electron chi connectivity index (χ4n) is 3.49. The van der Waals surface area contributed by atoms with E-state index in [-0.39, 0.29) is 11.9 Å². The smallest absolute Gasteiger partial charge is 0.318 e. The van der Waals surface area contributed by atoms with E-state index in [9.17, 15) is 9.59 Å². The van der Waals surface area contributed by atoms with Gasteiger partial charge in [0, 0.05) is 30.8 Å². The lowest BCUT2D eigenvalue weighted by molar-refractivity contribution is -0.132. The molecule has 1 heterocycles. The van der Waals surface area contributed by atoms with Gasteiger partial charge in [-0.2, -0.15) is 0 Å². The van der Waals surface area contributed by atoms with Crippen molar-refractivity contribution >= 4 is 29.2 Å². The highest BCUT2D eigenvalue weighted by Gasteiger charge is 2.23. The Labute approximate surface area is 182 Å². The number of anilines is 1. The summed E-state index contributed by atoms with van der Waals surface area (Å²) >= 11 is 6.06. The van der Waals surface area contributed by atoms with Crippen LogP contribution in [0.3, 0.4) is 0 Å². The molecule has 0 saturated carbocycles. The molecule has 0 aliphatic carbocycles. The predicted octanol–water partition coefficient (Wildman–Crippen LogP) is 4.26. The first-order valence-electron chi connectivity index (χ1n) is 10.2. The van der Waals surface area contributed by atoms with E-state index in [2.05, 4.69) is 10.6 Å². The van der Waals surface area contributed by atoms with Crippen LogP contribution in [-0.2, 0) is 11.2 Å². The van der Waals surface area contributed by atoms with E-state index in [1.807, 2.05) is 54.3 Å². The zero-order valence-electron chi connectivity index (χ0n) is 17.4. The molecule has 0 unspecified atom stereocenters. The lowest BCUT2D eigenvalue weighted by atomic mass is 9.97. The lowest BCUT2D eigenvalue weighted by Gasteiger charge is -2.32. The maximum absolute atomic E-state index is 12.6. The number of rotatable bonds is 6. The van der Waals surface area contributed by atoms with Crippen molar-refractivity contribution in [1.82, 2.24) is 10.2 Å². The molecule has 2 N–H and O–H groups in total. The summed E-state index contributed by atoms with van der Waals surface area (Å²) < 4.78 is 5.90. The van der Waals surface area contributed by atoms with Gasteiger partial charge in [-0.05, 0) is 67.1 Å². The van der Waals surface area contributed by atoms with E-state index in [1.165, 1.54) is 0 Å². The van der Waals surface area contributed by atoms with Crippen LogP contribution in [0.4, 0.5) is 10.5 Å². The maximum atomic E-state index is 12.6. The number of nitrogens with one attached hydrogen (secondary N) is 2. The summed E-state index contributed by atoms with van der Waals surface area (Å²) in [6, 6.07) is 12.8. The number of carbonyl (C=O) groups is 2. The number of carbonyl (C=O) groups excluding carboxylic acids is 2. The molecule has 0 aromatic heterocycles. The average molecular weight is 430 g/mol. The average Bonchev–Trinajstić information content (AvgIpc) is 2.76. The van der Waals surface area contributed by atoms with Crippen molar-refractivity contribution < 1.29 is 14.3 Å². The first-order chi connectivity index (χ1) is 14.4. The molecule has 0 bridgehead atoms. The number of urea groups is 1. The zero-order chi connectivity index (χ0) is 21.5. The molecule has 0 spiro atoms. The van der Waals surface area contributed by atoms with E-state index < -0.39 is 0 Å². The monoisotopic (exact) mass is 429 g/mol. The van der Waals surface area contributed by atoms with E-state index in [4.69, 9.17) is 16.3 Å². The van der Waals surface area contributed by atoms with Crippen molar-refractivity contribution in [2.24, 2.45) is 5.92 Å². The minimum Gasteiger partial charge on any atom is -0.493 e. The van der Waals surface area contributed by atoms with Crippen molar-refractivity contribution in [2.75, 3.05) is 32.1 Å². The summed E-state index contributed by atoms with van der Waals surface area (Å²) in [7, 11) is 1.57. The Bertz CT molecular complexity index is 878. The summed E-state index contributed by atoms with van der Waals surface area (Å²) in [4.78, 5) is 25.9. The Balaban J connectivity index is 1.41. The largest absolute Gasteiger partial charge is 0.493 e. The normalized spacial score (nSPS) is 14.3. The second-order valence-electron chi connectivity index (χ2n) is 7.62. The van der Waals surface area contributed by atoms with Crippen molar-refractivity contribution in [1.29, 1.82) is 0 Å². The maximum Gasteiger partial charge on any atom is 0.318 e. The van der Waals surface area contributed by atoms with E-state index in [1.54, 1.807) is 7.05 Å². The van der Waals surface area contributed by atoms with Crippen molar-refractivity contribution in [2.45, 2.75) is 26.2 Å². The van der Waals surface area contributed by atoms with Gasteiger partial charge in [0.2, 0.25) is 5.91 Å². The third-order valence-electron chi connectivity index (χ3n) is 5.37. The molecule has 0 atom stereocenters. The Morgan fingerprint density at radius 1 is 1.13 bits per heavy atom. The Morgan fingerprint density at radius 2 is 1.83 bits per heavy atom. The number of hydrogen-bond acceptors (Lipinski definition) is 3. The molecule has 7 heteroatoms. The first-order valence-corrected chi connectivity index (χ1v) is 10.6. The molecule has 3 amide bonds. The first kappa shape index (κ1) is 22.0. The van der Waals surface area contributed by atoms with Gasteiger partial charge in [-0.25, -0.2) is 4.79 Å². The number of ether oxygens (including phenoxy) is 1. The van der Waals surface area contributed by atoms with Gasteiger partial charge in [-0.1, -0.05) is 23.7 Å². The molecule has 2 aromatic carbocycles. The van der Waals surface area contributed by atoms with Crippen LogP contribution in [0.15, 0.2) is 42.5 Å². The van der Waals surface area contributed by atoms with Crippen LogP contribution in [0.5, 0.6) is 5.75 Å². The van der Waals surface area contributed by atoms with Gasteiger partial charge in [0.15, 0.2) is 0 Å². The topological polar surface area (TPSA) is 70.7 Å². The number of likely N-dealkylation sites (tertiary alicyclic amines) is 1. The molecular weight excluding hydrogens is 402 g/mol.